The van der Waals surface area contributed by atoms with Gasteiger partial charge in [0.1, 0.15) is 0 Å². The third-order valence-corrected chi connectivity index (χ3v) is 3.79. The van der Waals surface area contributed by atoms with Crippen molar-refractivity contribution in [1.82, 2.24) is 14.8 Å². The number of aromatic nitrogens is 1. The van der Waals surface area contributed by atoms with Gasteiger partial charge in [-0.3, -0.25) is 9.59 Å². The predicted molar refractivity (Wildman–Crippen MR) is 76.2 cm³/mol. The van der Waals surface area contributed by atoms with E-state index < -0.39 is 0 Å². The summed E-state index contributed by atoms with van der Waals surface area (Å²) < 4.78 is 0. The van der Waals surface area contributed by atoms with Crippen LogP contribution < -0.4 is 0 Å². The van der Waals surface area contributed by atoms with Gasteiger partial charge in [0.15, 0.2) is 0 Å². The maximum atomic E-state index is 12.2. The number of rotatable bonds is 3. The number of nitrogens with zero attached hydrogens (tertiary/aromatic N) is 2. The second-order valence-electron chi connectivity index (χ2n) is 5.10. The normalized spacial score (nSPS) is 15.6. The zero-order chi connectivity index (χ0) is 13.9. The Labute approximate surface area is 117 Å². The first-order valence-corrected chi connectivity index (χ1v) is 6.79. The Kier molecular flexibility index (Phi) is 3.41. The van der Waals surface area contributed by atoms with Gasteiger partial charge in [-0.2, -0.15) is 0 Å². The summed E-state index contributed by atoms with van der Waals surface area (Å²) in [7, 11) is 0. The quantitative estimate of drug-likeness (QED) is 0.847. The number of benzene rings is 1. The van der Waals surface area contributed by atoms with E-state index in [2.05, 4.69) is 4.98 Å². The molecule has 1 saturated heterocycles. The van der Waals surface area contributed by atoms with Gasteiger partial charge in [-0.05, 0) is 23.1 Å². The molecule has 3 rings (SSSR count). The smallest absolute Gasteiger partial charge is 0.227 e. The predicted octanol–water partition coefficient (Wildman–Crippen LogP) is 1.01. The van der Waals surface area contributed by atoms with Crippen molar-refractivity contribution < 1.29 is 9.59 Å². The summed E-state index contributed by atoms with van der Waals surface area (Å²) in [5.74, 6) is 0.126. The van der Waals surface area contributed by atoms with Gasteiger partial charge in [0.05, 0.1) is 6.42 Å². The molecule has 0 saturated carbocycles. The maximum Gasteiger partial charge on any atom is 0.227 e. The number of hydrogen-bond acceptors (Lipinski definition) is 2. The zero-order valence-electron chi connectivity index (χ0n) is 11.2. The van der Waals surface area contributed by atoms with Crippen molar-refractivity contribution in [2.24, 2.45) is 0 Å². The Morgan fingerprint density at radius 3 is 2.75 bits per heavy atom. The molecule has 0 radical (unpaired) electrons. The van der Waals surface area contributed by atoms with Crippen LogP contribution in [0.4, 0.5) is 0 Å². The van der Waals surface area contributed by atoms with E-state index in [9.17, 15) is 9.59 Å². The Balaban J connectivity index is 1.65. The fourth-order valence-electron chi connectivity index (χ4n) is 2.57. The summed E-state index contributed by atoms with van der Waals surface area (Å²) >= 11 is 0. The standard InChI is InChI=1S/C15H17N3O2/c19-11-17-5-7-18(8-6-17)15(20)10-12-1-2-13-3-4-16-14(13)9-12/h1-4,9,11,16H,5-8,10H2. The van der Waals surface area contributed by atoms with Gasteiger partial charge in [0.2, 0.25) is 12.3 Å². The largest absolute Gasteiger partial charge is 0.361 e. The van der Waals surface area contributed by atoms with Gasteiger partial charge in [-0.1, -0.05) is 12.1 Å². The molecular formula is C15H17N3O2. The molecule has 2 aromatic rings. The van der Waals surface area contributed by atoms with Crippen molar-refractivity contribution in [3.63, 3.8) is 0 Å². The lowest BCUT2D eigenvalue weighted by Crippen LogP contribution is -2.48. The molecular weight excluding hydrogens is 254 g/mol. The number of hydrogen-bond donors (Lipinski definition) is 1. The van der Waals surface area contributed by atoms with Crippen LogP contribution in [0.5, 0.6) is 0 Å². The summed E-state index contributed by atoms with van der Waals surface area (Å²) in [6.45, 7) is 2.51. The maximum absolute atomic E-state index is 12.2. The minimum absolute atomic E-state index is 0.126. The van der Waals surface area contributed by atoms with Crippen molar-refractivity contribution in [2.75, 3.05) is 26.2 Å². The van der Waals surface area contributed by atoms with E-state index in [1.165, 1.54) is 0 Å². The van der Waals surface area contributed by atoms with Crippen LogP contribution in [0, 0.1) is 0 Å². The number of carbonyl (C=O) groups excluding carboxylic acids is 2. The molecule has 1 aliphatic heterocycles. The molecule has 1 aromatic heterocycles. The van der Waals surface area contributed by atoms with Gasteiger partial charge in [-0.15, -0.1) is 0 Å². The van der Waals surface area contributed by atoms with Gasteiger partial charge >= 0.3 is 0 Å². The monoisotopic (exact) mass is 271 g/mol. The van der Waals surface area contributed by atoms with E-state index >= 15 is 0 Å². The van der Waals surface area contributed by atoms with Crippen molar-refractivity contribution in [3.8, 4) is 0 Å². The van der Waals surface area contributed by atoms with Crippen molar-refractivity contribution in [2.45, 2.75) is 6.42 Å². The average Bonchev–Trinajstić information content (AvgIpc) is 2.95. The molecule has 0 unspecified atom stereocenters. The molecule has 1 fully saturated rings. The van der Waals surface area contributed by atoms with Crippen molar-refractivity contribution in [1.29, 1.82) is 0 Å². The molecule has 0 bridgehead atoms. The number of nitrogens with one attached hydrogen (secondary N) is 1. The van der Waals surface area contributed by atoms with Crippen LogP contribution in [-0.2, 0) is 16.0 Å². The lowest BCUT2D eigenvalue weighted by molar-refractivity contribution is -0.134. The summed E-state index contributed by atoms with van der Waals surface area (Å²) in [6.07, 6.45) is 3.16. The van der Waals surface area contributed by atoms with Crippen molar-refractivity contribution in [3.05, 3.63) is 36.0 Å². The van der Waals surface area contributed by atoms with E-state index in [1.54, 1.807) is 4.90 Å². The average molecular weight is 271 g/mol. The third-order valence-electron chi connectivity index (χ3n) is 3.79. The molecule has 104 valence electrons. The number of H-pyrrole nitrogens is 1. The number of amides is 2. The Morgan fingerprint density at radius 2 is 2.00 bits per heavy atom. The third kappa shape index (κ3) is 2.52. The lowest BCUT2D eigenvalue weighted by atomic mass is 10.1. The second-order valence-corrected chi connectivity index (χ2v) is 5.10. The van der Waals surface area contributed by atoms with E-state index in [0.717, 1.165) is 22.9 Å². The summed E-state index contributed by atoms with van der Waals surface area (Å²) in [5, 5.41) is 1.15. The molecule has 2 heterocycles. The highest BCUT2D eigenvalue weighted by atomic mass is 16.2. The molecule has 0 atom stereocenters. The fourth-order valence-corrected chi connectivity index (χ4v) is 2.57. The van der Waals surface area contributed by atoms with Gasteiger partial charge in [-0.25, -0.2) is 0 Å². The van der Waals surface area contributed by atoms with Gasteiger partial charge in [0, 0.05) is 37.9 Å². The minimum atomic E-state index is 0.126. The molecule has 0 aliphatic carbocycles. The molecule has 0 spiro atoms. The first-order chi connectivity index (χ1) is 9.76. The van der Waals surface area contributed by atoms with Crippen LogP contribution in [0.1, 0.15) is 5.56 Å². The highest BCUT2D eigenvalue weighted by Gasteiger charge is 2.20. The Hall–Kier alpha value is -2.30. The zero-order valence-corrected chi connectivity index (χ0v) is 11.2. The van der Waals surface area contributed by atoms with Crippen LogP contribution in [0.15, 0.2) is 30.5 Å². The van der Waals surface area contributed by atoms with Gasteiger partial charge in [0.25, 0.3) is 0 Å². The summed E-state index contributed by atoms with van der Waals surface area (Å²) in [6, 6.07) is 8.06. The highest BCUT2D eigenvalue weighted by molar-refractivity contribution is 5.83. The number of aromatic amines is 1. The molecule has 2 amide bonds. The molecule has 5 heteroatoms. The first kappa shape index (κ1) is 12.7. The van der Waals surface area contributed by atoms with E-state index in [-0.39, 0.29) is 5.91 Å². The molecule has 5 nitrogen and oxygen atoms in total. The number of piperazine rings is 1. The first-order valence-electron chi connectivity index (χ1n) is 6.79. The fraction of sp³-hybridized carbons (Fsp3) is 0.333. The molecule has 20 heavy (non-hydrogen) atoms. The Morgan fingerprint density at radius 1 is 1.20 bits per heavy atom. The molecule has 1 aliphatic rings. The second kappa shape index (κ2) is 5.36. The molecule has 1 aromatic carbocycles. The van der Waals surface area contributed by atoms with Gasteiger partial charge < -0.3 is 14.8 Å². The van der Waals surface area contributed by atoms with Crippen LogP contribution in [0.25, 0.3) is 10.9 Å². The van der Waals surface area contributed by atoms with Crippen LogP contribution in [0.2, 0.25) is 0 Å². The van der Waals surface area contributed by atoms with Crippen LogP contribution in [-0.4, -0.2) is 53.3 Å². The van der Waals surface area contributed by atoms with E-state index in [0.29, 0.717) is 32.6 Å². The minimum Gasteiger partial charge on any atom is -0.361 e. The SMILES string of the molecule is O=CN1CCN(C(=O)Cc2ccc3cc[nH]c3c2)CC1. The number of carbonyl (C=O) groups is 2. The van der Waals surface area contributed by atoms with E-state index in [1.807, 2.05) is 35.4 Å². The highest BCUT2D eigenvalue weighted by Crippen LogP contribution is 2.15. The lowest BCUT2D eigenvalue weighted by Gasteiger charge is -2.32. The summed E-state index contributed by atoms with van der Waals surface area (Å²) in [5.41, 5.74) is 2.07. The van der Waals surface area contributed by atoms with E-state index in [4.69, 9.17) is 0 Å². The van der Waals surface area contributed by atoms with Crippen molar-refractivity contribution >= 4 is 23.2 Å². The molecule has 1 N–H and O–H groups in total. The summed E-state index contributed by atoms with van der Waals surface area (Å²) in [4.78, 5) is 29.6. The topological polar surface area (TPSA) is 56.4 Å². The van der Waals surface area contributed by atoms with Crippen LogP contribution in [0.3, 0.4) is 0 Å². The number of fused-ring (bicyclic) bond motifs is 1. The van der Waals surface area contributed by atoms with Crippen LogP contribution >= 0.6 is 0 Å². The Bertz CT molecular complexity index is 627.